The second-order valence-electron chi connectivity index (χ2n) is 5.41. The van der Waals surface area contributed by atoms with E-state index < -0.39 is 0 Å². The number of ether oxygens (including phenoxy) is 1. The summed E-state index contributed by atoms with van der Waals surface area (Å²) in [5.74, 6) is 2.49. The van der Waals surface area contributed by atoms with Crippen LogP contribution in [0.25, 0.3) is 0 Å². The molecule has 2 N–H and O–H groups in total. The lowest BCUT2D eigenvalue weighted by Gasteiger charge is -2.35. The van der Waals surface area contributed by atoms with Crippen LogP contribution in [0.5, 0.6) is 5.75 Å². The SMILES string of the molecule is CCC1CCC(CN)C(Sc2ccc(OC)cc2)C1. The maximum Gasteiger partial charge on any atom is 0.118 e. The van der Waals surface area contributed by atoms with Crippen molar-refractivity contribution in [3.05, 3.63) is 24.3 Å². The molecule has 1 aliphatic carbocycles. The van der Waals surface area contributed by atoms with Crippen LogP contribution in [0.3, 0.4) is 0 Å². The van der Waals surface area contributed by atoms with E-state index in [0.29, 0.717) is 11.2 Å². The zero-order valence-corrected chi connectivity index (χ0v) is 12.8. The van der Waals surface area contributed by atoms with Gasteiger partial charge >= 0.3 is 0 Å². The van der Waals surface area contributed by atoms with Crippen molar-refractivity contribution in [1.29, 1.82) is 0 Å². The lowest BCUT2D eigenvalue weighted by Crippen LogP contribution is -2.32. The zero-order valence-electron chi connectivity index (χ0n) is 12.0. The third-order valence-corrected chi connectivity index (χ3v) is 5.69. The predicted octanol–water partition coefficient (Wildman–Crippen LogP) is 3.94. The lowest BCUT2D eigenvalue weighted by atomic mass is 9.80. The van der Waals surface area contributed by atoms with Crippen molar-refractivity contribution in [3.63, 3.8) is 0 Å². The standard InChI is InChI=1S/C16H25NOS/c1-3-12-4-5-13(11-17)16(10-12)19-15-8-6-14(18-2)7-9-15/h6-9,12-13,16H,3-5,10-11,17H2,1-2H3. The summed E-state index contributed by atoms with van der Waals surface area (Å²) in [6.07, 6.45) is 5.27. The van der Waals surface area contributed by atoms with Crippen LogP contribution < -0.4 is 10.5 Å². The molecule has 0 aliphatic heterocycles. The third kappa shape index (κ3) is 3.90. The molecule has 2 nitrogen and oxygen atoms in total. The number of hydrogen-bond donors (Lipinski definition) is 1. The Morgan fingerprint density at radius 1 is 1.26 bits per heavy atom. The molecule has 3 unspecified atom stereocenters. The van der Waals surface area contributed by atoms with Gasteiger partial charge in [-0.05, 0) is 55.5 Å². The molecule has 0 heterocycles. The van der Waals surface area contributed by atoms with Crippen molar-refractivity contribution in [2.45, 2.75) is 42.8 Å². The second-order valence-corrected chi connectivity index (χ2v) is 6.73. The lowest BCUT2D eigenvalue weighted by molar-refractivity contribution is 0.284. The van der Waals surface area contributed by atoms with Crippen molar-refractivity contribution < 1.29 is 4.74 Å². The normalized spacial score (nSPS) is 27.2. The van der Waals surface area contributed by atoms with E-state index in [1.54, 1.807) is 7.11 Å². The Labute approximate surface area is 121 Å². The summed E-state index contributed by atoms with van der Waals surface area (Å²) in [7, 11) is 1.71. The molecular weight excluding hydrogens is 254 g/mol. The fourth-order valence-corrected chi connectivity index (χ4v) is 4.34. The molecule has 0 spiro atoms. The fraction of sp³-hybridized carbons (Fsp3) is 0.625. The molecule has 0 amide bonds. The van der Waals surface area contributed by atoms with Gasteiger partial charge in [0.15, 0.2) is 0 Å². The molecule has 2 rings (SSSR count). The van der Waals surface area contributed by atoms with Crippen molar-refractivity contribution in [3.8, 4) is 5.75 Å². The fourth-order valence-electron chi connectivity index (χ4n) is 2.89. The van der Waals surface area contributed by atoms with Gasteiger partial charge in [0, 0.05) is 10.1 Å². The van der Waals surface area contributed by atoms with Gasteiger partial charge in [0.25, 0.3) is 0 Å². The Kier molecular flexibility index (Phi) is 5.59. The number of hydrogen-bond acceptors (Lipinski definition) is 3. The highest BCUT2D eigenvalue weighted by Gasteiger charge is 2.29. The highest BCUT2D eigenvalue weighted by Crippen LogP contribution is 2.40. The van der Waals surface area contributed by atoms with Crippen LogP contribution in [0.1, 0.15) is 32.6 Å². The van der Waals surface area contributed by atoms with E-state index in [9.17, 15) is 0 Å². The molecule has 3 heteroatoms. The molecule has 1 aromatic rings. The highest BCUT2D eigenvalue weighted by atomic mass is 32.2. The summed E-state index contributed by atoms with van der Waals surface area (Å²) >= 11 is 2.00. The Hall–Kier alpha value is -0.670. The molecule has 3 atom stereocenters. The minimum Gasteiger partial charge on any atom is -0.497 e. The van der Waals surface area contributed by atoms with Crippen molar-refractivity contribution in [1.82, 2.24) is 0 Å². The van der Waals surface area contributed by atoms with E-state index >= 15 is 0 Å². The van der Waals surface area contributed by atoms with Gasteiger partial charge in [-0.3, -0.25) is 0 Å². The van der Waals surface area contributed by atoms with Gasteiger partial charge in [-0.15, -0.1) is 11.8 Å². The van der Waals surface area contributed by atoms with E-state index in [1.165, 1.54) is 30.6 Å². The Balaban J connectivity index is 2.01. The summed E-state index contributed by atoms with van der Waals surface area (Å²) in [5.41, 5.74) is 5.95. The van der Waals surface area contributed by atoms with Gasteiger partial charge in [0.05, 0.1) is 7.11 Å². The van der Waals surface area contributed by atoms with E-state index in [2.05, 4.69) is 19.1 Å². The Morgan fingerprint density at radius 2 is 2.00 bits per heavy atom. The van der Waals surface area contributed by atoms with Crippen LogP contribution in [0.2, 0.25) is 0 Å². The number of benzene rings is 1. The van der Waals surface area contributed by atoms with Gasteiger partial charge in [-0.2, -0.15) is 0 Å². The number of thioether (sulfide) groups is 1. The average Bonchev–Trinajstić information content (AvgIpc) is 2.48. The first kappa shape index (κ1) is 14.7. The first-order chi connectivity index (χ1) is 9.26. The molecule has 0 aromatic heterocycles. The smallest absolute Gasteiger partial charge is 0.118 e. The van der Waals surface area contributed by atoms with Gasteiger partial charge in [-0.25, -0.2) is 0 Å². The summed E-state index contributed by atoms with van der Waals surface area (Å²) < 4.78 is 5.21. The monoisotopic (exact) mass is 279 g/mol. The zero-order chi connectivity index (χ0) is 13.7. The molecule has 19 heavy (non-hydrogen) atoms. The molecule has 0 radical (unpaired) electrons. The molecule has 1 aliphatic rings. The molecular formula is C16H25NOS. The van der Waals surface area contributed by atoms with Crippen molar-refractivity contribution in [2.24, 2.45) is 17.6 Å². The van der Waals surface area contributed by atoms with Crippen LogP contribution in [-0.4, -0.2) is 18.9 Å². The van der Waals surface area contributed by atoms with E-state index in [-0.39, 0.29) is 0 Å². The minimum atomic E-state index is 0.676. The Morgan fingerprint density at radius 3 is 2.58 bits per heavy atom. The molecule has 1 fully saturated rings. The van der Waals surface area contributed by atoms with Crippen LogP contribution in [0, 0.1) is 11.8 Å². The maximum atomic E-state index is 5.95. The van der Waals surface area contributed by atoms with E-state index in [0.717, 1.165) is 18.2 Å². The van der Waals surface area contributed by atoms with Crippen LogP contribution >= 0.6 is 11.8 Å². The molecule has 0 saturated heterocycles. The largest absolute Gasteiger partial charge is 0.497 e. The van der Waals surface area contributed by atoms with Crippen LogP contribution in [0.4, 0.5) is 0 Å². The maximum absolute atomic E-state index is 5.95. The third-order valence-electron chi connectivity index (χ3n) is 4.26. The highest BCUT2D eigenvalue weighted by molar-refractivity contribution is 8.00. The summed E-state index contributed by atoms with van der Waals surface area (Å²) in [5, 5.41) is 0.678. The molecule has 0 bridgehead atoms. The van der Waals surface area contributed by atoms with Crippen LogP contribution in [0.15, 0.2) is 29.2 Å². The van der Waals surface area contributed by atoms with Crippen molar-refractivity contribution >= 4 is 11.8 Å². The van der Waals surface area contributed by atoms with Crippen LogP contribution in [-0.2, 0) is 0 Å². The number of nitrogens with two attached hydrogens (primary N) is 1. The first-order valence-electron chi connectivity index (χ1n) is 7.27. The second kappa shape index (κ2) is 7.20. The number of methoxy groups -OCH3 is 1. The van der Waals surface area contributed by atoms with Gasteiger partial charge < -0.3 is 10.5 Å². The predicted molar refractivity (Wildman–Crippen MR) is 82.8 cm³/mol. The van der Waals surface area contributed by atoms with E-state index in [4.69, 9.17) is 10.5 Å². The van der Waals surface area contributed by atoms with Gasteiger partial charge in [0.2, 0.25) is 0 Å². The van der Waals surface area contributed by atoms with Gasteiger partial charge in [0.1, 0.15) is 5.75 Å². The average molecular weight is 279 g/mol. The Bertz CT molecular complexity index is 379. The van der Waals surface area contributed by atoms with Gasteiger partial charge in [-0.1, -0.05) is 19.8 Å². The summed E-state index contributed by atoms with van der Waals surface area (Å²) in [4.78, 5) is 1.33. The quantitative estimate of drug-likeness (QED) is 0.886. The molecule has 1 aromatic carbocycles. The van der Waals surface area contributed by atoms with Crippen molar-refractivity contribution in [2.75, 3.05) is 13.7 Å². The number of rotatable bonds is 5. The first-order valence-corrected chi connectivity index (χ1v) is 8.15. The summed E-state index contributed by atoms with van der Waals surface area (Å²) in [6.45, 7) is 3.13. The minimum absolute atomic E-state index is 0.676. The molecule has 1 saturated carbocycles. The molecule has 106 valence electrons. The summed E-state index contributed by atoms with van der Waals surface area (Å²) in [6, 6.07) is 8.40. The van der Waals surface area contributed by atoms with E-state index in [1.807, 2.05) is 23.9 Å². The topological polar surface area (TPSA) is 35.2 Å².